The van der Waals surface area contributed by atoms with Crippen molar-refractivity contribution in [2.75, 3.05) is 13.6 Å². The van der Waals surface area contributed by atoms with E-state index in [-0.39, 0.29) is 11.5 Å². The van der Waals surface area contributed by atoms with Gasteiger partial charge in [-0.2, -0.15) is 0 Å². The van der Waals surface area contributed by atoms with Crippen LogP contribution in [0.3, 0.4) is 0 Å². The van der Waals surface area contributed by atoms with Gasteiger partial charge in [-0.3, -0.25) is 4.90 Å². The van der Waals surface area contributed by atoms with Crippen LogP contribution < -0.4 is 4.74 Å². The van der Waals surface area contributed by atoms with Crippen molar-refractivity contribution in [3.8, 4) is 5.75 Å². The van der Waals surface area contributed by atoms with Crippen LogP contribution in [-0.2, 0) is 11.8 Å². The molecule has 1 spiro atoms. The molecule has 2 heterocycles. The smallest absolute Gasteiger partial charge is 0.133 e. The van der Waals surface area contributed by atoms with E-state index in [9.17, 15) is 0 Å². The normalized spacial score (nSPS) is 35.8. The molecular formula is C19H21NO. The van der Waals surface area contributed by atoms with Gasteiger partial charge in [-0.15, -0.1) is 0 Å². The summed E-state index contributed by atoms with van der Waals surface area (Å²) in [6.07, 6.45) is 7.23. The van der Waals surface area contributed by atoms with Gasteiger partial charge in [-0.25, -0.2) is 0 Å². The highest BCUT2D eigenvalue weighted by atomic mass is 16.5. The zero-order valence-corrected chi connectivity index (χ0v) is 12.9. The van der Waals surface area contributed by atoms with Crippen LogP contribution in [0.1, 0.15) is 30.0 Å². The number of likely N-dealkylation sites (N-methyl/N-ethyl adjacent to an activating group) is 1. The highest BCUT2D eigenvalue weighted by Crippen LogP contribution is 2.60. The maximum Gasteiger partial charge on any atom is 0.133 e. The van der Waals surface area contributed by atoms with Crippen LogP contribution in [0.25, 0.3) is 0 Å². The Morgan fingerprint density at radius 2 is 2.10 bits per heavy atom. The summed E-state index contributed by atoms with van der Waals surface area (Å²) in [5.74, 6) is 1.18. The van der Waals surface area contributed by atoms with Gasteiger partial charge < -0.3 is 4.74 Å². The first-order valence-corrected chi connectivity index (χ1v) is 8.01. The Morgan fingerprint density at radius 1 is 1.24 bits per heavy atom. The molecule has 2 heteroatoms. The Labute approximate surface area is 126 Å². The zero-order valence-electron chi connectivity index (χ0n) is 12.9. The van der Waals surface area contributed by atoms with Crippen molar-refractivity contribution < 1.29 is 4.74 Å². The van der Waals surface area contributed by atoms with E-state index >= 15 is 0 Å². The minimum absolute atomic E-state index is 0.130. The SMILES string of the molecule is CC1=CC=C2[C@@H]3Cc4ccc(C)c5c4C2(CCN3C)C1O5. The van der Waals surface area contributed by atoms with E-state index in [1.165, 1.54) is 41.0 Å². The first-order valence-electron chi connectivity index (χ1n) is 8.01. The molecule has 108 valence electrons. The minimum Gasteiger partial charge on any atom is -0.484 e. The largest absolute Gasteiger partial charge is 0.484 e. The van der Waals surface area contributed by atoms with Gasteiger partial charge in [0.2, 0.25) is 0 Å². The van der Waals surface area contributed by atoms with E-state index in [1.54, 1.807) is 5.57 Å². The molecule has 2 nitrogen and oxygen atoms in total. The van der Waals surface area contributed by atoms with Crippen molar-refractivity contribution in [2.45, 2.75) is 44.2 Å². The second kappa shape index (κ2) is 3.61. The quantitative estimate of drug-likeness (QED) is 0.723. The van der Waals surface area contributed by atoms with Crippen LogP contribution in [0.15, 0.2) is 35.4 Å². The van der Waals surface area contributed by atoms with Crippen molar-refractivity contribution in [3.63, 3.8) is 0 Å². The van der Waals surface area contributed by atoms with Gasteiger partial charge in [0.15, 0.2) is 0 Å². The molecule has 0 radical (unpaired) electrons. The number of hydrogen-bond donors (Lipinski definition) is 0. The summed E-state index contributed by atoms with van der Waals surface area (Å²) < 4.78 is 6.53. The van der Waals surface area contributed by atoms with Crippen LogP contribution in [0.4, 0.5) is 0 Å². The molecule has 4 aliphatic rings. The van der Waals surface area contributed by atoms with Gasteiger partial charge in [0.1, 0.15) is 11.9 Å². The number of aryl methyl sites for hydroxylation is 1. The molecule has 2 aliphatic heterocycles. The third kappa shape index (κ3) is 1.20. The van der Waals surface area contributed by atoms with Crippen LogP contribution in [0.2, 0.25) is 0 Å². The second-order valence-corrected chi connectivity index (χ2v) is 7.20. The highest BCUT2D eigenvalue weighted by molar-refractivity contribution is 5.66. The fourth-order valence-corrected chi connectivity index (χ4v) is 5.15. The van der Waals surface area contributed by atoms with E-state index in [1.807, 2.05) is 0 Å². The number of allylic oxidation sites excluding steroid dienone is 2. The molecule has 3 atom stereocenters. The Kier molecular flexibility index (Phi) is 2.07. The fourth-order valence-electron chi connectivity index (χ4n) is 5.15. The predicted molar refractivity (Wildman–Crippen MR) is 83.9 cm³/mol. The molecule has 1 aromatic carbocycles. The maximum atomic E-state index is 6.53. The lowest BCUT2D eigenvalue weighted by molar-refractivity contribution is 0.112. The Balaban J connectivity index is 1.89. The van der Waals surface area contributed by atoms with Gasteiger partial charge in [0, 0.05) is 11.6 Å². The summed E-state index contributed by atoms with van der Waals surface area (Å²) in [7, 11) is 2.27. The zero-order chi connectivity index (χ0) is 14.4. The molecule has 0 saturated carbocycles. The lowest BCUT2D eigenvalue weighted by Crippen LogP contribution is -2.58. The number of benzene rings is 1. The van der Waals surface area contributed by atoms with Crippen molar-refractivity contribution >= 4 is 0 Å². The molecule has 0 aromatic heterocycles. The average Bonchev–Trinajstić information content (AvgIpc) is 2.83. The molecular weight excluding hydrogens is 258 g/mol. The molecule has 1 fully saturated rings. The van der Waals surface area contributed by atoms with Crippen molar-refractivity contribution in [1.29, 1.82) is 0 Å². The molecule has 1 saturated heterocycles. The van der Waals surface area contributed by atoms with Gasteiger partial charge >= 0.3 is 0 Å². The Bertz CT molecular complexity index is 729. The van der Waals surface area contributed by atoms with Gasteiger partial charge in [-0.05, 0) is 62.6 Å². The first-order chi connectivity index (χ1) is 10.1. The van der Waals surface area contributed by atoms with Crippen LogP contribution in [0, 0.1) is 6.92 Å². The monoisotopic (exact) mass is 279 g/mol. The number of hydrogen-bond acceptors (Lipinski definition) is 2. The van der Waals surface area contributed by atoms with E-state index in [4.69, 9.17) is 4.74 Å². The van der Waals surface area contributed by atoms with Gasteiger partial charge in [-0.1, -0.05) is 24.3 Å². The fraction of sp³-hybridized carbons (Fsp3) is 0.474. The summed E-state index contributed by atoms with van der Waals surface area (Å²) in [5, 5.41) is 0. The molecule has 5 rings (SSSR count). The highest BCUT2D eigenvalue weighted by Gasteiger charge is 2.60. The van der Waals surface area contributed by atoms with E-state index in [0.717, 1.165) is 6.42 Å². The average molecular weight is 279 g/mol. The van der Waals surface area contributed by atoms with E-state index in [0.29, 0.717) is 6.04 Å². The third-order valence-corrected chi connectivity index (χ3v) is 6.19. The van der Waals surface area contributed by atoms with Crippen LogP contribution in [-0.4, -0.2) is 30.6 Å². The van der Waals surface area contributed by atoms with Crippen molar-refractivity contribution in [2.24, 2.45) is 0 Å². The summed E-state index contributed by atoms with van der Waals surface area (Å²) >= 11 is 0. The topological polar surface area (TPSA) is 12.5 Å². The molecule has 2 aliphatic carbocycles. The third-order valence-electron chi connectivity index (χ3n) is 6.19. The Hall–Kier alpha value is -1.54. The lowest BCUT2D eigenvalue weighted by Gasteiger charge is -2.53. The molecule has 2 bridgehead atoms. The molecule has 0 N–H and O–H groups in total. The van der Waals surface area contributed by atoms with Gasteiger partial charge in [0.05, 0.1) is 5.41 Å². The standard InChI is InChI=1S/C19H21NO/c1-11-4-6-13-10-15-14-7-5-12(2)18-19(14,8-9-20(15)3)16(13)17(11)21-18/h4-7,15,18H,8-10H2,1-3H3/t15-,18?,19?/m0/s1. The molecule has 1 aromatic rings. The lowest BCUT2D eigenvalue weighted by atomic mass is 9.56. The predicted octanol–water partition coefficient (Wildman–Crippen LogP) is 3.14. The second-order valence-electron chi connectivity index (χ2n) is 7.20. The first kappa shape index (κ1) is 12.0. The number of rotatable bonds is 0. The molecule has 21 heavy (non-hydrogen) atoms. The Morgan fingerprint density at radius 3 is 2.95 bits per heavy atom. The molecule has 2 unspecified atom stereocenters. The van der Waals surface area contributed by atoms with E-state index in [2.05, 4.69) is 50.1 Å². The van der Waals surface area contributed by atoms with Gasteiger partial charge in [0.25, 0.3) is 0 Å². The van der Waals surface area contributed by atoms with Crippen LogP contribution >= 0.6 is 0 Å². The summed E-state index contributed by atoms with van der Waals surface area (Å²) in [6, 6.07) is 5.14. The summed E-state index contributed by atoms with van der Waals surface area (Å²) in [6.45, 7) is 5.59. The number of likely N-dealkylation sites (tertiary alicyclic amines) is 1. The minimum atomic E-state index is 0.130. The van der Waals surface area contributed by atoms with Crippen molar-refractivity contribution in [3.05, 3.63) is 52.1 Å². The molecule has 0 amide bonds. The van der Waals surface area contributed by atoms with Crippen molar-refractivity contribution in [1.82, 2.24) is 4.90 Å². The number of piperidine rings is 1. The maximum absolute atomic E-state index is 6.53. The summed E-state index contributed by atoms with van der Waals surface area (Å²) in [4.78, 5) is 2.53. The number of ether oxygens (including phenoxy) is 1. The van der Waals surface area contributed by atoms with E-state index < -0.39 is 0 Å². The number of nitrogens with zero attached hydrogens (tertiary/aromatic N) is 1. The van der Waals surface area contributed by atoms with Crippen LogP contribution in [0.5, 0.6) is 5.75 Å². The summed E-state index contributed by atoms with van der Waals surface area (Å²) in [5.41, 5.74) is 7.44.